The molecule has 14 heavy (non-hydrogen) atoms. The first-order chi connectivity index (χ1) is 6.81. The summed E-state index contributed by atoms with van der Waals surface area (Å²) in [6.07, 6.45) is 3.14. The number of aromatic nitrogens is 1. The van der Waals surface area contributed by atoms with Crippen molar-refractivity contribution in [3.8, 4) is 0 Å². The van der Waals surface area contributed by atoms with Gasteiger partial charge in [0.05, 0.1) is 0 Å². The highest BCUT2D eigenvalue weighted by Crippen LogP contribution is 2.24. The van der Waals surface area contributed by atoms with Gasteiger partial charge < -0.3 is 4.90 Å². The van der Waals surface area contributed by atoms with Crippen LogP contribution in [0.5, 0.6) is 0 Å². The first-order valence-electron chi connectivity index (χ1n) is 4.63. The van der Waals surface area contributed by atoms with Crippen molar-refractivity contribution in [1.82, 2.24) is 9.88 Å². The largest absolute Gasteiger partial charge is 0.338 e. The fourth-order valence-electron chi connectivity index (χ4n) is 1.59. The molecule has 3 heteroatoms. The zero-order valence-electron chi connectivity index (χ0n) is 7.89. The van der Waals surface area contributed by atoms with Crippen LogP contribution in [0, 0.1) is 0 Å². The Bertz CT molecular complexity index is 342. The number of pyridine rings is 1. The molecule has 1 aromatic rings. The summed E-state index contributed by atoms with van der Waals surface area (Å²) in [4.78, 5) is 17.2. The van der Waals surface area contributed by atoms with Gasteiger partial charge in [0, 0.05) is 30.9 Å². The van der Waals surface area contributed by atoms with Gasteiger partial charge in [-0.15, -0.1) is 0 Å². The van der Waals surface area contributed by atoms with Gasteiger partial charge in [-0.1, -0.05) is 12.6 Å². The predicted molar refractivity (Wildman–Crippen MR) is 53.8 cm³/mol. The molecular weight excluding hydrogens is 176 g/mol. The van der Waals surface area contributed by atoms with Crippen LogP contribution in [0.3, 0.4) is 0 Å². The minimum Gasteiger partial charge on any atom is -0.338 e. The van der Waals surface area contributed by atoms with Crippen LogP contribution in [0.25, 0.3) is 0 Å². The highest BCUT2D eigenvalue weighted by molar-refractivity contribution is 5.87. The number of carbonyl (C=O) groups is 1. The van der Waals surface area contributed by atoms with Gasteiger partial charge in [0.25, 0.3) is 0 Å². The molecule has 0 unspecified atom stereocenters. The lowest BCUT2D eigenvalue weighted by Gasteiger charge is -2.38. The molecule has 3 nitrogen and oxygen atoms in total. The Kier molecular flexibility index (Phi) is 2.31. The Morgan fingerprint density at radius 1 is 1.57 bits per heavy atom. The van der Waals surface area contributed by atoms with Gasteiger partial charge in [-0.25, -0.2) is 0 Å². The summed E-state index contributed by atoms with van der Waals surface area (Å²) >= 11 is 0. The number of likely N-dealkylation sites (tertiary alicyclic amines) is 1. The van der Waals surface area contributed by atoms with Crippen molar-refractivity contribution in [2.45, 2.75) is 5.92 Å². The minimum absolute atomic E-state index is 0.0113. The molecule has 2 heterocycles. The van der Waals surface area contributed by atoms with E-state index in [2.05, 4.69) is 11.6 Å². The summed E-state index contributed by atoms with van der Waals surface area (Å²) < 4.78 is 0. The fourth-order valence-corrected chi connectivity index (χ4v) is 1.59. The van der Waals surface area contributed by atoms with Gasteiger partial charge in [-0.05, 0) is 18.2 Å². The molecule has 0 spiro atoms. The van der Waals surface area contributed by atoms with Gasteiger partial charge in [0.1, 0.15) is 0 Å². The standard InChI is InChI=1S/C11H12N2O/c1-2-11(14)13-7-9(8-13)10-5-3-4-6-12-10/h2-6,9H,1,7-8H2. The number of rotatable bonds is 2. The molecule has 1 aliphatic rings. The quantitative estimate of drug-likeness (QED) is 0.653. The van der Waals surface area contributed by atoms with Crippen LogP contribution < -0.4 is 0 Å². The first-order valence-corrected chi connectivity index (χ1v) is 4.63. The lowest BCUT2D eigenvalue weighted by atomic mass is 9.96. The van der Waals surface area contributed by atoms with Crippen LogP contribution in [0.4, 0.5) is 0 Å². The van der Waals surface area contributed by atoms with E-state index in [1.807, 2.05) is 18.2 Å². The second-order valence-electron chi connectivity index (χ2n) is 3.40. The minimum atomic E-state index is 0.0113. The van der Waals surface area contributed by atoms with Gasteiger partial charge in [-0.2, -0.15) is 0 Å². The molecule has 72 valence electrons. The molecule has 0 bridgehead atoms. The summed E-state index contributed by atoms with van der Waals surface area (Å²) in [6.45, 7) is 4.99. The Hall–Kier alpha value is -1.64. The summed E-state index contributed by atoms with van der Waals surface area (Å²) in [6, 6.07) is 5.87. The Labute approximate surface area is 83.1 Å². The van der Waals surface area contributed by atoms with E-state index >= 15 is 0 Å². The molecule has 1 aromatic heterocycles. The van der Waals surface area contributed by atoms with E-state index in [1.165, 1.54) is 6.08 Å². The zero-order valence-corrected chi connectivity index (χ0v) is 7.89. The molecular formula is C11H12N2O. The molecule has 1 saturated heterocycles. The molecule has 0 N–H and O–H groups in total. The Morgan fingerprint density at radius 2 is 2.36 bits per heavy atom. The maximum atomic E-state index is 11.2. The van der Waals surface area contributed by atoms with Crippen LogP contribution in [-0.2, 0) is 4.79 Å². The monoisotopic (exact) mass is 188 g/mol. The van der Waals surface area contributed by atoms with Crippen molar-refractivity contribution in [3.05, 3.63) is 42.7 Å². The molecule has 2 rings (SSSR count). The first kappa shape index (κ1) is 8.94. The lowest BCUT2D eigenvalue weighted by Crippen LogP contribution is -2.47. The number of carbonyl (C=O) groups excluding carboxylic acids is 1. The average molecular weight is 188 g/mol. The highest BCUT2D eigenvalue weighted by atomic mass is 16.2. The summed E-state index contributed by atoms with van der Waals surface area (Å²) in [7, 11) is 0. The molecule has 1 fully saturated rings. The third kappa shape index (κ3) is 1.53. The summed E-state index contributed by atoms with van der Waals surface area (Å²) in [5.74, 6) is 0.414. The van der Waals surface area contributed by atoms with Crippen molar-refractivity contribution in [2.24, 2.45) is 0 Å². The average Bonchev–Trinajstić information content (AvgIpc) is 2.17. The number of hydrogen-bond donors (Lipinski definition) is 0. The van der Waals surface area contributed by atoms with E-state index in [9.17, 15) is 4.79 Å². The van der Waals surface area contributed by atoms with Gasteiger partial charge in [0.2, 0.25) is 5.91 Å². The summed E-state index contributed by atoms with van der Waals surface area (Å²) in [5, 5.41) is 0. The van der Waals surface area contributed by atoms with E-state index in [-0.39, 0.29) is 5.91 Å². The van der Waals surface area contributed by atoms with E-state index in [4.69, 9.17) is 0 Å². The second-order valence-corrected chi connectivity index (χ2v) is 3.40. The van der Waals surface area contributed by atoms with Gasteiger partial charge >= 0.3 is 0 Å². The normalized spacial score (nSPS) is 16.1. The third-order valence-corrected chi connectivity index (χ3v) is 2.47. The van der Waals surface area contributed by atoms with Crippen molar-refractivity contribution in [2.75, 3.05) is 13.1 Å². The van der Waals surface area contributed by atoms with E-state index in [1.54, 1.807) is 11.1 Å². The van der Waals surface area contributed by atoms with Crippen molar-refractivity contribution < 1.29 is 4.79 Å². The Morgan fingerprint density at radius 3 is 2.93 bits per heavy atom. The van der Waals surface area contributed by atoms with Crippen LogP contribution >= 0.6 is 0 Å². The van der Waals surface area contributed by atoms with Crippen LogP contribution in [0.1, 0.15) is 11.6 Å². The number of hydrogen-bond acceptors (Lipinski definition) is 2. The van der Waals surface area contributed by atoms with E-state index in [0.717, 1.165) is 18.8 Å². The third-order valence-electron chi connectivity index (χ3n) is 2.47. The van der Waals surface area contributed by atoms with Crippen LogP contribution in [-0.4, -0.2) is 28.9 Å². The smallest absolute Gasteiger partial charge is 0.245 e. The maximum Gasteiger partial charge on any atom is 0.245 e. The fraction of sp³-hybridized carbons (Fsp3) is 0.273. The van der Waals surface area contributed by atoms with E-state index < -0.39 is 0 Å². The van der Waals surface area contributed by atoms with Gasteiger partial charge in [-0.3, -0.25) is 9.78 Å². The SMILES string of the molecule is C=CC(=O)N1CC(c2ccccn2)C1. The molecule has 1 amide bonds. The topological polar surface area (TPSA) is 33.2 Å². The molecule has 0 aliphatic carbocycles. The van der Waals surface area contributed by atoms with Crippen molar-refractivity contribution in [1.29, 1.82) is 0 Å². The molecule has 0 aromatic carbocycles. The van der Waals surface area contributed by atoms with Crippen LogP contribution in [0.15, 0.2) is 37.1 Å². The zero-order chi connectivity index (χ0) is 9.97. The molecule has 0 radical (unpaired) electrons. The van der Waals surface area contributed by atoms with Gasteiger partial charge in [0.15, 0.2) is 0 Å². The molecule has 1 aliphatic heterocycles. The summed E-state index contributed by atoms with van der Waals surface area (Å²) in [5.41, 5.74) is 1.07. The second kappa shape index (κ2) is 3.62. The van der Waals surface area contributed by atoms with E-state index in [0.29, 0.717) is 5.92 Å². The number of amides is 1. The predicted octanol–water partition coefficient (Wildman–Crippen LogP) is 1.19. The van der Waals surface area contributed by atoms with Crippen molar-refractivity contribution in [3.63, 3.8) is 0 Å². The maximum absolute atomic E-state index is 11.2. The molecule has 0 saturated carbocycles. The number of nitrogens with zero attached hydrogens (tertiary/aromatic N) is 2. The molecule has 0 atom stereocenters. The van der Waals surface area contributed by atoms with Crippen molar-refractivity contribution >= 4 is 5.91 Å². The lowest BCUT2D eigenvalue weighted by molar-refractivity contribution is -0.130. The highest BCUT2D eigenvalue weighted by Gasteiger charge is 2.30. The Balaban J connectivity index is 1.95. The van der Waals surface area contributed by atoms with Crippen LogP contribution in [0.2, 0.25) is 0 Å².